The zero-order chi connectivity index (χ0) is 17.3. The molecule has 0 aliphatic carbocycles. The van der Waals surface area contributed by atoms with Crippen LogP contribution < -0.4 is 0 Å². The molecule has 0 N–H and O–H groups in total. The first-order valence-electron chi connectivity index (χ1n) is 7.21. The molecule has 1 unspecified atom stereocenters. The maximum Gasteiger partial charge on any atom is 0.246 e. The number of ether oxygens (including phenoxy) is 1. The van der Waals surface area contributed by atoms with Gasteiger partial charge in [-0.15, -0.1) is 0 Å². The summed E-state index contributed by atoms with van der Waals surface area (Å²) in [7, 11) is -3.86. The minimum Gasteiger partial charge on any atom is -0.371 e. The summed E-state index contributed by atoms with van der Waals surface area (Å²) in [5, 5.41) is 0.152. The van der Waals surface area contributed by atoms with Crippen LogP contribution in [0.15, 0.2) is 47.4 Å². The van der Waals surface area contributed by atoms with Crippen molar-refractivity contribution in [3.63, 3.8) is 0 Å². The van der Waals surface area contributed by atoms with Crippen LogP contribution in [0.25, 0.3) is 0 Å². The van der Waals surface area contributed by atoms with Crippen LogP contribution in [0.5, 0.6) is 0 Å². The molecule has 2 aromatic rings. The monoisotopic (exact) mass is 389 g/mol. The Morgan fingerprint density at radius 1 is 1.08 bits per heavy atom. The summed E-state index contributed by atoms with van der Waals surface area (Å²) >= 11 is 12.1. The Morgan fingerprint density at radius 3 is 2.33 bits per heavy atom. The van der Waals surface area contributed by atoms with Gasteiger partial charge in [0.1, 0.15) is 10.7 Å². The molecule has 0 aromatic heterocycles. The van der Waals surface area contributed by atoms with E-state index < -0.39 is 16.1 Å². The molecular weight excluding hydrogens is 376 g/mol. The van der Waals surface area contributed by atoms with Crippen LogP contribution in [0.1, 0.15) is 11.7 Å². The second-order valence-corrected chi connectivity index (χ2v) is 8.01. The molecule has 0 bridgehead atoms. The van der Waals surface area contributed by atoms with Crippen LogP contribution in [-0.2, 0) is 14.8 Å². The number of hydrogen-bond donors (Lipinski definition) is 0. The molecular formula is C16H14Cl2FNO3S. The number of benzene rings is 2. The quantitative estimate of drug-likeness (QED) is 0.799. The van der Waals surface area contributed by atoms with E-state index in [0.29, 0.717) is 5.56 Å². The Labute approximate surface area is 149 Å². The lowest BCUT2D eigenvalue weighted by Crippen LogP contribution is -2.42. The van der Waals surface area contributed by atoms with Gasteiger partial charge in [0.2, 0.25) is 10.0 Å². The van der Waals surface area contributed by atoms with Gasteiger partial charge >= 0.3 is 0 Å². The van der Waals surface area contributed by atoms with Gasteiger partial charge in [-0.25, -0.2) is 12.8 Å². The SMILES string of the molecule is O=S(=O)(c1c(Cl)cccc1Cl)N1CCOC(c2ccc(F)cc2)C1. The summed E-state index contributed by atoms with van der Waals surface area (Å²) in [5.41, 5.74) is 0.710. The molecule has 0 amide bonds. The van der Waals surface area contributed by atoms with Gasteiger partial charge < -0.3 is 4.74 Å². The van der Waals surface area contributed by atoms with Gasteiger partial charge in [0.25, 0.3) is 0 Å². The van der Waals surface area contributed by atoms with Crippen molar-refractivity contribution >= 4 is 33.2 Å². The third-order valence-corrected chi connectivity index (χ3v) is 6.61. The lowest BCUT2D eigenvalue weighted by molar-refractivity contribution is -0.00258. The first kappa shape index (κ1) is 17.6. The third-order valence-electron chi connectivity index (χ3n) is 3.79. The molecule has 24 heavy (non-hydrogen) atoms. The predicted octanol–water partition coefficient (Wildman–Crippen LogP) is 3.89. The average Bonchev–Trinajstić information content (AvgIpc) is 2.55. The fourth-order valence-corrected chi connectivity index (χ4v) is 5.10. The normalized spacial score (nSPS) is 19.4. The van der Waals surface area contributed by atoms with E-state index in [0.717, 1.165) is 0 Å². The molecule has 0 radical (unpaired) electrons. The third kappa shape index (κ3) is 3.43. The summed E-state index contributed by atoms with van der Waals surface area (Å²) < 4.78 is 45.8. The van der Waals surface area contributed by atoms with Crippen molar-refractivity contribution < 1.29 is 17.5 Å². The highest BCUT2D eigenvalue weighted by Gasteiger charge is 2.34. The van der Waals surface area contributed by atoms with Crippen molar-refractivity contribution in [2.24, 2.45) is 0 Å². The van der Waals surface area contributed by atoms with Gasteiger partial charge in [0, 0.05) is 13.1 Å². The largest absolute Gasteiger partial charge is 0.371 e. The van der Waals surface area contributed by atoms with Crippen LogP contribution in [0.4, 0.5) is 4.39 Å². The Hall–Kier alpha value is -1.18. The summed E-state index contributed by atoms with van der Waals surface area (Å²) in [6.45, 7) is 0.528. The van der Waals surface area contributed by atoms with Crippen molar-refractivity contribution in [2.75, 3.05) is 19.7 Å². The molecule has 128 valence electrons. The Morgan fingerprint density at radius 2 is 1.71 bits per heavy atom. The standard InChI is InChI=1S/C16H14Cl2FNO3S/c17-13-2-1-3-14(18)16(13)24(21,22)20-8-9-23-15(10-20)11-4-6-12(19)7-5-11/h1-7,15H,8-10H2. The number of sulfonamides is 1. The van der Waals surface area contributed by atoms with Crippen LogP contribution in [0.3, 0.4) is 0 Å². The van der Waals surface area contributed by atoms with Gasteiger partial charge in [0.05, 0.1) is 22.8 Å². The second-order valence-electron chi connectivity index (χ2n) is 5.32. The number of halogens is 3. The molecule has 0 spiro atoms. The predicted molar refractivity (Wildman–Crippen MR) is 90.3 cm³/mol. The molecule has 4 nitrogen and oxygen atoms in total. The maximum absolute atomic E-state index is 13.1. The van der Waals surface area contributed by atoms with Crippen LogP contribution >= 0.6 is 23.2 Å². The van der Waals surface area contributed by atoms with Crippen molar-refractivity contribution in [1.82, 2.24) is 4.31 Å². The highest BCUT2D eigenvalue weighted by atomic mass is 35.5. The number of hydrogen-bond acceptors (Lipinski definition) is 3. The van der Waals surface area contributed by atoms with E-state index in [1.165, 1.54) is 28.6 Å². The minimum atomic E-state index is -3.86. The first-order chi connectivity index (χ1) is 11.4. The van der Waals surface area contributed by atoms with Crippen LogP contribution in [-0.4, -0.2) is 32.4 Å². The van der Waals surface area contributed by atoms with Crippen molar-refractivity contribution in [2.45, 2.75) is 11.0 Å². The summed E-state index contributed by atoms with van der Waals surface area (Å²) in [6.07, 6.45) is -0.476. The van der Waals surface area contributed by atoms with E-state index in [-0.39, 0.29) is 40.5 Å². The Kier molecular flexibility index (Phi) is 5.13. The van der Waals surface area contributed by atoms with E-state index in [4.69, 9.17) is 27.9 Å². The van der Waals surface area contributed by atoms with E-state index >= 15 is 0 Å². The highest BCUT2D eigenvalue weighted by Crippen LogP contribution is 2.33. The van der Waals surface area contributed by atoms with Crippen LogP contribution in [0, 0.1) is 5.82 Å². The lowest BCUT2D eigenvalue weighted by Gasteiger charge is -2.32. The molecule has 1 atom stereocenters. The fourth-order valence-electron chi connectivity index (χ4n) is 2.58. The minimum absolute atomic E-state index is 0.0762. The van der Waals surface area contributed by atoms with Gasteiger partial charge in [-0.1, -0.05) is 41.4 Å². The fraction of sp³-hybridized carbons (Fsp3) is 0.250. The zero-order valence-electron chi connectivity index (χ0n) is 12.5. The topological polar surface area (TPSA) is 46.6 Å². The molecule has 1 aliphatic rings. The molecule has 1 fully saturated rings. The molecule has 1 heterocycles. The van der Waals surface area contributed by atoms with Gasteiger partial charge in [0.15, 0.2) is 0 Å². The zero-order valence-corrected chi connectivity index (χ0v) is 14.8. The van der Waals surface area contributed by atoms with Crippen molar-refractivity contribution in [3.05, 3.63) is 63.9 Å². The summed E-state index contributed by atoms with van der Waals surface area (Å²) in [5.74, 6) is -0.359. The molecule has 3 rings (SSSR count). The average molecular weight is 390 g/mol. The molecule has 1 saturated heterocycles. The molecule has 8 heteroatoms. The number of nitrogens with zero attached hydrogens (tertiary/aromatic N) is 1. The van der Waals surface area contributed by atoms with Gasteiger partial charge in [-0.05, 0) is 29.8 Å². The lowest BCUT2D eigenvalue weighted by atomic mass is 10.1. The first-order valence-corrected chi connectivity index (χ1v) is 9.40. The highest BCUT2D eigenvalue weighted by molar-refractivity contribution is 7.89. The Balaban J connectivity index is 1.90. The molecule has 0 saturated carbocycles. The van der Waals surface area contributed by atoms with Crippen molar-refractivity contribution in [3.8, 4) is 0 Å². The molecule has 1 aliphatic heterocycles. The van der Waals surface area contributed by atoms with Gasteiger partial charge in [-0.2, -0.15) is 4.31 Å². The van der Waals surface area contributed by atoms with Crippen LogP contribution in [0.2, 0.25) is 10.0 Å². The smallest absolute Gasteiger partial charge is 0.246 e. The summed E-state index contributed by atoms with van der Waals surface area (Å²) in [4.78, 5) is -0.104. The summed E-state index contributed by atoms with van der Waals surface area (Å²) in [6, 6.07) is 10.4. The van der Waals surface area contributed by atoms with E-state index in [9.17, 15) is 12.8 Å². The van der Waals surface area contributed by atoms with Crippen molar-refractivity contribution in [1.29, 1.82) is 0 Å². The second kappa shape index (κ2) is 6.98. The molecule has 2 aromatic carbocycles. The maximum atomic E-state index is 13.1. The number of morpholine rings is 1. The van der Waals surface area contributed by atoms with E-state index in [2.05, 4.69) is 0 Å². The van der Waals surface area contributed by atoms with E-state index in [1.54, 1.807) is 18.2 Å². The number of rotatable bonds is 3. The Bertz CT molecular complexity index is 823. The van der Waals surface area contributed by atoms with Gasteiger partial charge in [-0.3, -0.25) is 0 Å². The van der Waals surface area contributed by atoms with E-state index in [1.807, 2.05) is 0 Å².